The molecular weight excluding hydrogens is 378 g/mol. The van der Waals surface area contributed by atoms with Crippen LogP contribution in [0, 0.1) is 5.41 Å². The molecule has 0 rings (SSSR count). The van der Waals surface area contributed by atoms with Crippen LogP contribution < -0.4 is 0 Å². The predicted octanol–water partition coefficient (Wildman–Crippen LogP) is 4.66. The Kier molecular flexibility index (Phi) is 5.90. The predicted molar refractivity (Wildman–Crippen MR) is 74.4 cm³/mol. The van der Waals surface area contributed by atoms with Gasteiger partial charge in [0, 0.05) is 0 Å². The molecule has 78 valence electrons. The number of hydrogen-bond acceptors (Lipinski definition) is 0. The minimum atomic E-state index is -1.70. The van der Waals surface area contributed by atoms with E-state index in [4.69, 9.17) is 0 Å². The Morgan fingerprint density at radius 3 is 2.15 bits per heavy atom. The van der Waals surface area contributed by atoms with E-state index in [1.807, 2.05) is 6.08 Å². The van der Waals surface area contributed by atoms with Gasteiger partial charge >= 0.3 is 102 Å². The van der Waals surface area contributed by atoms with E-state index in [9.17, 15) is 0 Å². The van der Waals surface area contributed by atoms with Crippen molar-refractivity contribution in [2.24, 2.45) is 5.41 Å². The third kappa shape index (κ3) is 5.05. The van der Waals surface area contributed by atoms with Gasteiger partial charge in [-0.2, -0.15) is 0 Å². The van der Waals surface area contributed by atoms with Gasteiger partial charge < -0.3 is 0 Å². The van der Waals surface area contributed by atoms with Gasteiger partial charge in [0.1, 0.15) is 0 Å². The van der Waals surface area contributed by atoms with E-state index in [1.165, 1.54) is 6.42 Å². The molecule has 0 N–H and O–H groups in total. The Hall–Kier alpha value is 1.27. The molecule has 1 atom stereocenters. The summed E-state index contributed by atoms with van der Waals surface area (Å²) < 4.78 is 0.916. The molecule has 0 amide bonds. The maximum atomic E-state index is 3.80. The molecule has 0 heterocycles. The SMILES string of the molecule is C=CCCC(C)(C)[CH](I)[Sn]([CH3])([CH3])[CH3]. The summed E-state index contributed by atoms with van der Waals surface area (Å²) in [7, 11) is 0. The fraction of sp³-hybridized carbons (Fsp3) is 0.818. The average Bonchev–Trinajstić information content (AvgIpc) is 1.98. The van der Waals surface area contributed by atoms with Crippen molar-refractivity contribution in [3.8, 4) is 0 Å². The van der Waals surface area contributed by atoms with Crippen LogP contribution >= 0.6 is 22.6 Å². The van der Waals surface area contributed by atoms with E-state index in [0.29, 0.717) is 5.41 Å². The fourth-order valence-corrected chi connectivity index (χ4v) is 9.19. The second-order valence-corrected chi connectivity index (χ2v) is 25.3. The van der Waals surface area contributed by atoms with Crippen LogP contribution in [0.2, 0.25) is 14.8 Å². The molecule has 0 spiro atoms. The monoisotopic (exact) mass is 402 g/mol. The summed E-state index contributed by atoms with van der Waals surface area (Å²) >= 11 is 0.986. The van der Waals surface area contributed by atoms with Crippen LogP contribution in [0.3, 0.4) is 0 Å². The van der Waals surface area contributed by atoms with Crippen molar-refractivity contribution in [1.82, 2.24) is 0 Å². The van der Waals surface area contributed by atoms with Gasteiger partial charge in [-0.15, -0.1) is 0 Å². The molecule has 0 nitrogen and oxygen atoms in total. The third-order valence-electron chi connectivity index (χ3n) is 2.44. The van der Waals surface area contributed by atoms with Crippen LogP contribution in [-0.2, 0) is 0 Å². The van der Waals surface area contributed by atoms with Crippen molar-refractivity contribution in [3.63, 3.8) is 0 Å². The van der Waals surface area contributed by atoms with Gasteiger partial charge in [0.2, 0.25) is 0 Å². The van der Waals surface area contributed by atoms with Crippen LogP contribution in [0.4, 0.5) is 0 Å². The first kappa shape index (κ1) is 14.3. The second kappa shape index (κ2) is 5.38. The molecule has 0 fully saturated rings. The van der Waals surface area contributed by atoms with Crippen molar-refractivity contribution >= 4 is 41.0 Å². The zero-order chi connectivity index (χ0) is 10.7. The van der Waals surface area contributed by atoms with Gasteiger partial charge in [-0.1, -0.05) is 0 Å². The van der Waals surface area contributed by atoms with E-state index in [2.05, 4.69) is 57.8 Å². The zero-order valence-corrected chi connectivity index (χ0v) is 14.7. The average molecular weight is 401 g/mol. The minimum absolute atomic E-state index is 0.503. The first-order valence-corrected chi connectivity index (χ1v) is 16.4. The van der Waals surface area contributed by atoms with Gasteiger partial charge in [-0.25, -0.2) is 0 Å². The number of allylic oxidation sites excluding steroid dienone is 1. The topological polar surface area (TPSA) is 0 Å². The molecule has 0 aliphatic rings. The number of halogens is 1. The Labute approximate surface area is 102 Å². The Morgan fingerprint density at radius 2 is 1.85 bits per heavy atom. The molecule has 1 unspecified atom stereocenters. The molecule has 0 aromatic carbocycles. The maximum absolute atomic E-state index is 3.80. The Balaban J connectivity index is 4.34. The van der Waals surface area contributed by atoms with E-state index >= 15 is 0 Å². The summed E-state index contributed by atoms with van der Waals surface area (Å²) in [6.45, 7) is 8.62. The van der Waals surface area contributed by atoms with Crippen LogP contribution in [-0.4, -0.2) is 20.3 Å². The molecule has 2 heteroatoms. The van der Waals surface area contributed by atoms with E-state index in [-0.39, 0.29) is 0 Å². The Morgan fingerprint density at radius 1 is 1.38 bits per heavy atom. The van der Waals surface area contributed by atoms with Crippen molar-refractivity contribution in [2.75, 3.05) is 0 Å². The molecule has 0 aromatic rings. The number of hydrogen-bond donors (Lipinski definition) is 0. The van der Waals surface area contributed by atoms with Crippen molar-refractivity contribution in [1.29, 1.82) is 0 Å². The number of alkyl halides is 1. The molecule has 0 aliphatic carbocycles. The van der Waals surface area contributed by atoms with E-state index < -0.39 is 18.4 Å². The zero-order valence-electron chi connectivity index (χ0n) is 9.65. The van der Waals surface area contributed by atoms with Gasteiger partial charge in [-0.05, 0) is 0 Å². The summed E-state index contributed by atoms with van der Waals surface area (Å²) in [4.78, 5) is 7.59. The molecule has 0 aromatic heterocycles. The molecule has 0 radical (unpaired) electrons. The van der Waals surface area contributed by atoms with Crippen LogP contribution in [0.5, 0.6) is 0 Å². The summed E-state index contributed by atoms with van der Waals surface area (Å²) in [6, 6.07) is 0. The van der Waals surface area contributed by atoms with Crippen molar-refractivity contribution in [3.05, 3.63) is 12.7 Å². The molecule has 0 saturated heterocycles. The number of rotatable bonds is 5. The van der Waals surface area contributed by atoms with E-state index in [0.717, 1.165) is 8.36 Å². The van der Waals surface area contributed by atoms with Crippen molar-refractivity contribution < 1.29 is 0 Å². The molecule has 0 saturated carbocycles. The standard InChI is InChI=1S/C8H14I.3CH3.Sn/c1-4-5-6-8(2,3)7-9;;;;/h4,7H,1,5-6H2,2-3H3;3*1H3;. The molecule has 0 aliphatic heterocycles. The third-order valence-corrected chi connectivity index (χ3v) is 23.2. The molecule has 13 heavy (non-hydrogen) atoms. The van der Waals surface area contributed by atoms with Gasteiger partial charge in [0.05, 0.1) is 0 Å². The Bertz CT molecular complexity index is 167. The first-order chi connectivity index (χ1) is 5.72. The van der Waals surface area contributed by atoms with Crippen LogP contribution in [0.15, 0.2) is 12.7 Å². The summed E-state index contributed by atoms with van der Waals surface area (Å²) in [5.41, 5.74) is 0.503. The second-order valence-electron chi connectivity index (χ2n) is 5.54. The van der Waals surface area contributed by atoms with Crippen molar-refractivity contribution in [2.45, 2.75) is 43.4 Å². The van der Waals surface area contributed by atoms with E-state index in [1.54, 1.807) is 0 Å². The van der Waals surface area contributed by atoms with Crippen LogP contribution in [0.25, 0.3) is 0 Å². The quantitative estimate of drug-likeness (QED) is 0.272. The summed E-state index contributed by atoms with van der Waals surface area (Å²) in [5, 5.41) is 0. The molecule has 0 bridgehead atoms. The fourth-order valence-electron chi connectivity index (χ4n) is 1.77. The molecular formula is C11H23ISn. The normalized spacial score (nSPS) is 15.5. The summed E-state index contributed by atoms with van der Waals surface area (Å²) in [5.74, 6) is 0. The van der Waals surface area contributed by atoms with Crippen LogP contribution in [0.1, 0.15) is 26.7 Å². The van der Waals surface area contributed by atoms with Gasteiger partial charge in [0.25, 0.3) is 0 Å². The van der Waals surface area contributed by atoms with Gasteiger partial charge in [0.15, 0.2) is 0 Å². The van der Waals surface area contributed by atoms with Gasteiger partial charge in [-0.3, -0.25) is 0 Å². The summed E-state index contributed by atoms with van der Waals surface area (Å²) in [6.07, 6.45) is 4.50. The first-order valence-electron chi connectivity index (χ1n) is 4.97.